The summed E-state index contributed by atoms with van der Waals surface area (Å²) in [4.78, 5) is 73.7. The van der Waals surface area contributed by atoms with Gasteiger partial charge >= 0.3 is 0 Å². The van der Waals surface area contributed by atoms with Crippen LogP contribution in [0.4, 0.5) is 0 Å². The average molecular weight is 558 g/mol. The van der Waals surface area contributed by atoms with Crippen molar-refractivity contribution in [3.05, 3.63) is 0 Å². The van der Waals surface area contributed by atoms with Crippen molar-refractivity contribution in [2.45, 2.75) is 121 Å². The Labute approximate surface area is 238 Å². The lowest BCUT2D eigenvalue weighted by molar-refractivity contribution is -0.132. The van der Waals surface area contributed by atoms with Crippen molar-refractivity contribution in [3.8, 4) is 0 Å². The van der Waals surface area contributed by atoms with Crippen molar-refractivity contribution in [2.75, 3.05) is 39.3 Å². The van der Waals surface area contributed by atoms with Gasteiger partial charge in [-0.1, -0.05) is 0 Å². The van der Waals surface area contributed by atoms with Crippen LogP contribution in [-0.4, -0.2) is 117 Å². The highest BCUT2D eigenvalue weighted by Gasteiger charge is 2.39. The second kappa shape index (κ2) is 12.9. The fourth-order valence-corrected chi connectivity index (χ4v) is 7.80. The Balaban J connectivity index is 1.37. The SMILES string of the molecule is C[C@H](C[C@@H](C[C@H](C[C@@H](CCN1CCCC1=O)N1CCCC1=O)N1CCCC1=O)N1CCCC1=O)N1CCCC1=O. The highest BCUT2D eigenvalue weighted by atomic mass is 16.2. The van der Waals surface area contributed by atoms with Crippen LogP contribution in [0.3, 0.4) is 0 Å². The summed E-state index contributed by atoms with van der Waals surface area (Å²) >= 11 is 0. The van der Waals surface area contributed by atoms with Crippen LogP contribution in [0, 0.1) is 0 Å². The molecular formula is C30H47N5O5. The summed E-state index contributed by atoms with van der Waals surface area (Å²) in [6, 6.07) is -0.177. The van der Waals surface area contributed by atoms with E-state index in [1.165, 1.54) is 0 Å². The van der Waals surface area contributed by atoms with Crippen molar-refractivity contribution >= 4 is 29.5 Å². The minimum absolute atomic E-state index is 0.0282. The number of hydrogen-bond donors (Lipinski definition) is 0. The quantitative estimate of drug-likeness (QED) is 0.345. The van der Waals surface area contributed by atoms with Crippen molar-refractivity contribution in [1.82, 2.24) is 24.5 Å². The van der Waals surface area contributed by atoms with Crippen LogP contribution in [0.5, 0.6) is 0 Å². The summed E-state index contributed by atoms with van der Waals surface area (Å²) in [5, 5.41) is 0. The molecule has 10 nitrogen and oxygen atoms in total. The van der Waals surface area contributed by atoms with Gasteiger partial charge in [0, 0.05) is 95.5 Å². The maximum absolute atomic E-state index is 13.1. The highest BCUT2D eigenvalue weighted by Crippen LogP contribution is 2.31. The van der Waals surface area contributed by atoms with E-state index in [2.05, 4.69) is 6.92 Å². The van der Waals surface area contributed by atoms with Gasteiger partial charge in [0.05, 0.1) is 0 Å². The molecule has 5 fully saturated rings. The standard InChI is InChI=1S/C30H47N5O5/c1-22(32-14-3-8-27(32)37)19-24(34-16-5-10-29(34)39)21-25(35-17-6-11-30(35)40)20-23(33-15-4-9-28(33)38)12-18-31-13-2-7-26(31)36/h22-25H,2-21H2,1H3/t22-,23-,24+,25+/m1/s1. The van der Waals surface area contributed by atoms with Gasteiger partial charge in [0.25, 0.3) is 0 Å². The molecule has 5 aliphatic rings. The Morgan fingerprint density at radius 2 is 0.900 bits per heavy atom. The Hall–Kier alpha value is -2.65. The minimum Gasteiger partial charge on any atom is -0.343 e. The topological polar surface area (TPSA) is 102 Å². The second-order valence-corrected chi connectivity index (χ2v) is 12.6. The number of carbonyl (C=O) groups is 5. The zero-order valence-electron chi connectivity index (χ0n) is 24.2. The Bertz CT molecular complexity index is 988. The molecule has 4 atom stereocenters. The van der Waals surface area contributed by atoms with Gasteiger partial charge in [-0.15, -0.1) is 0 Å². The lowest BCUT2D eigenvalue weighted by atomic mass is 9.92. The van der Waals surface area contributed by atoms with E-state index in [9.17, 15) is 24.0 Å². The number of rotatable bonds is 13. The molecule has 5 amide bonds. The van der Waals surface area contributed by atoms with Gasteiger partial charge in [-0.3, -0.25) is 24.0 Å². The molecule has 0 unspecified atom stereocenters. The van der Waals surface area contributed by atoms with Crippen LogP contribution >= 0.6 is 0 Å². The van der Waals surface area contributed by atoms with Gasteiger partial charge in [-0.2, -0.15) is 0 Å². The molecule has 10 heteroatoms. The number of nitrogens with zero attached hydrogens (tertiary/aromatic N) is 5. The summed E-state index contributed by atoms with van der Waals surface area (Å²) < 4.78 is 0. The van der Waals surface area contributed by atoms with E-state index >= 15 is 0 Å². The first-order valence-corrected chi connectivity index (χ1v) is 15.8. The first kappa shape index (κ1) is 28.9. The predicted molar refractivity (Wildman–Crippen MR) is 149 cm³/mol. The fraction of sp³-hybridized carbons (Fsp3) is 0.833. The molecule has 40 heavy (non-hydrogen) atoms. The van der Waals surface area contributed by atoms with Gasteiger partial charge in [0.15, 0.2) is 0 Å². The third-order valence-corrected chi connectivity index (χ3v) is 9.90. The molecule has 0 radical (unpaired) electrons. The van der Waals surface area contributed by atoms with E-state index in [-0.39, 0.29) is 53.7 Å². The van der Waals surface area contributed by atoms with Crippen LogP contribution in [0.25, 0.3) is 0 Å². The smallest absolute Gasteiger partial charge is 0.222 e. The molecule has 0 aromatic carbocycles. The summed E-state index contributed by atoms with van der Waals surface area (Å²) in [7, 11) is 0. The molecule has 0 aromatic heterocycles. The van der Waals surface area contributed by atoms with Gasteiger partial charge in [0.1, 0.15) is 0 Å². The minimum atomic E-state index is -0.0949. The molecule has 0 N–H and O–H groups in total. The zero-order valence-corrected chi connectivity index (χ0v) is 24.2. The number of amides is 5. The summed E-state index contributed by atoms with van der Waals surface area (Å²) in [6.45, 7) is 6.41. The van der Waals surface area contributed by atoms with Crippen molar-refractivity contribution < 1.29 is 24.0 Å². The summed E-state index contributed by atoms with van der Waals surface area (Å²) in [5.74, 6) is 0.859. The highest BCUT2D eigenvalue weighted by molar-refractivity contribution is 5.80. The first-order valence-electron chi connectivity index (χ1n) is 15.8. The maximum atomic E-state index is 13.1. The molecule has 0 aromatic rings. The first-order chi connectivity index (χ1) is 19.3. The van der Waals surface area contributed by atoms with E-state index in [4.69, 9.17) is 0 Å². The van der Waals surface area contributed by atoms with E-state index in [1.54, 1.807) is 0 Å². The molecular weight excluding hydrogens is 510 g/mol. The molecule has 0 bridgehead atoms. The molecule has 5 saturated heterocycles. The van der Waals surface area contributed by atoms with Crippen LogP contribution in [0.2, 0.25) is 0 Å². The fourth-order valence-electron chi connectivity index (χ4n) is 7.80. The van der Waals surface area contributed by atoms with Crippen LogP contribution in [0.15, 0.2) is 0 Å². The van der Waals surface area contributed by atoms with E-state index in [0.717, 1.165) is 58.3 Å². The lowest BCUT2D eigenvalue weighted by Crippen LogP contribution is -2.50. The molecule has 5 rings (SSSR count). The largest absolute Gasteiger partial charge is 0.343 e. The molecule has 5 aliphatic heterocycles. The molecule has 0 spiro atoms. The van der Waals surface area contributed by atoms with Crippen molar-refractivity contribution in [2.24, 2.45) is 0 Å². The van der Waals surface area contributed by atoms with Gasteiger partial charge < -0.3 is 24.5 Å². The Morgan fingerprint density at radius 1 is 0.500 bits per heavy atom. The Kier molecular flexibility index (Phi) is 9.31. The average Bonchev–Trinajstić information content (AvgIpc) is 3.75. The van der Waals surface area contributed by atoms with Gasteiger partial charge in [-0.25, -0.2) is 0 Å². The van der Waals surface area contributed by atoms with Crippen molar-refractivity contribution in [3.63, 3.8) is 0 Å². The number of likely N-dealkylation sites (tertiary alicyclic amines) is 5. The third-order valence-electron chi connectivity index (χ3n) is 9.90. The van der Waals surface area contributed by atoms with Crippen LogP contribution in [-0.2, 0) is 24.0 Å². The molecule has 0 saturated carbocycles. The van der Waals surface area contributed by atoms with E-state index in [1.807, 2.05) is 24.5 Å². The predicted octanol–water partition coefficient (Wildman–Crippen LogP) is 2.15. The van der Waals surface area contributed by atoms with Crippen molar-refractivity contribution in [1.29, 1.82) is 0 Å². The number of carbonyl (C=O) groups excluding carboxylic acids is 5. The van der Waals surface area contributed by atoms with Crippen LogP contribution < -0.4 is 0 Å². The lowest BCUT2D eigenvalue weighted by Gasteiger charge is -2.40. The number of hydrogen-bond acceptors (Lipinski definition) is 5. The van der Waals surface area contributed by atoms with E-state index < -0.39 is 0 Å². The molecule has 222 valence electrons. The van der Waals surface area contributed by atoms with E-state index in [0.29, 0.717) is 70.9 Å². The third kappa shape index (κ3) is 6.46. The van der Waals surface area contributed by atoms with Crippen LogP contribution in [0.1, 0.15) is 96.8 Å². The van der Waals surface area contributed by atoms with Gasteiger partial charge in [0.2, 0.25) is 29.5 Å². The normalized spacial score (nSPS) is 25.2. The Morgan fingerprint density at radius 3 is 1.35 bits per heavy atom. The monoisotopic (exact) mass is 557 g/mol. The zero-order chi connectivity index (χ0) is 28.2. The van der Waals surface area contributed by atoms with Gasteiger partial charge in [-0.05, 0) is 64.7 Å². The second-order valence-electron chi connectivity index (χ2n) is 12.6. The maximum Gasteiger partial charge on any atom is 0.222 e. The molecule has 0 aliphatic carbocycles. The summed E-state index contributed by atoms with van der Waals surface area (Å²) in [6.07, 6.45) is 9.85. The molecule has 5 heterocycles. The summed E-state index contributed by atoms with van der Waals surface area (Å²) in [5.41, 5.74) is 0.